The van der Waals surface area contributed by atoms with Gasteiger partial charge in [0.15, 0.2) is 5.76 Å². The van der Waals surface area contributed by atoms with Crippen molar-refractivity contribution in [3.8, 4) is 22.8 Å². The molecule has 0 saturated heterocycles. The number of amides is 1. The van der Waals surface area contributed by atoms with Crippen molar-refractivity contribution in [3.63, 3.8) is 0 Å². The Morgan fingerprint density at radius 2 is 1.89 bits per heavy atom. The molecule has 100 valence electrons. The van der Waals surface area contributed by atoms with E-state index >= 15 is 0 Å². The van der Waals surface area contributed by atoms with Crippen molar-refractivity contribution in [2.45, 2.75) is 6.92 Å². The minimum atomic E-state index is -0.545. The minimum absolute atomic E-state index is 0.0141. The summed E-state index contributed by atoms with van der Waals surface area (Å²) < 4.78 is 5.20. The summed E-state index contributed by atoms with van der Waals surface area (Å²) in [5.74, 6) is -1.71. The summed E-state index contributed by atoms with van der Waals surface area (Å²) in [6, 6.07) is 4.56. The largest absolute Gasteiger partial charge is 0.502 e. The van der Waals surface area contributed by atoms with E-state index in [0.29, 0.717) is 10.6 Å². The lowest BCUT2D eigenvalue weighted by Crippen LogP contribution is -2.04. The van der Waals surface area contributed by atoms with Crippen molar-refractivity contribution in [3.05, 3.63) is 28.2 Å². The van der Waals surface area contributed by atoms with E-state index < -0.39 is 17.4 Å². The zero-order chi connectivity index (χ0) is 14.2. The molecule has 1 heterocycles. The molecule has 0 spiro atoms. The third-order valence-electron chi connectivity index (χ3n) is 2.33. The van der Waals surface area contributed by atoms with Crippen LogP contribution in [0.2, 0.25) is 10.0 Å². The molecule has 0 aliphatic rings. The monoisotopic (exact) mass is 301 g/mol. The van der Waals surface area contributed by atoms with Gasteiger partial charge in [-0.3, -0.25) is 10.1 Å². The molecule has 0 saturated carbocycles. The second kappa shape index (κ2) is 5.03. The number of hydrogen-bond donors (Lipinski definition) is 3. The maximum atomic E-state index is 10.9. The molecular formula is C12H9Cl2NO4. The van der Waals surface area contributed by atoms with Gasteiger partial charge in [0.1, 0.15) is 0 Å². The lowest BCUT2D eigenvalue weighted by Gasteiger charge is -2.00. The van der Waals surface area contributed by atoms with Crippen LogP contribution in [0, 0.1) is 0 Å². The molecule has 5 nitrogen and oxygen atoms in total. The van der Waals surface area contributed by atoms with E-state index in [4.69, 9.17) is 27.6 Å². The van der Waals surface area contributed by atoms with Gasteiger partial charge >= 0.3 is 0 Å². The SMILES string of the molecule is CC(=O)Nc1oc(-c2ccc(Cl)c(Cl)c2)c(O)c1O. The molecule has 0 aliphatic carbocycles. The van der Waals surface area contributed by atoms with Crippen molar-refractivity contribution in [1.82, 2.24) is 0 Å². The molecule has 0 unspecified atom stereocenters. The van der Waals surface area contributed by atoms with Gasteiger partial charge in [0.05, 0.1) is 10.0 Å². The van der Waals surface area contributed by atoms with Crippen LogP contribution >= 0.6 is 23.2 Å². The first-order valence-corrected chi connectivity index (χ1v) is 5.93. The first-order chi connectivity index (χ1) is 8.90. The van der Waals surface area contributed by atoms with Crippen LogP contribution in [0.3, 0.4) is 0 Å². The number of rotatable bonds is 2. The number of halogens is 2. The van der Waals surface area contributed by atoms with Crippen LogP contribution in [-0.4, -0.2) is 16.1 Å². The highest BCUT2D eigenvalue weighted by Crippen LogP contribution is 2.45. The topological polar surface area (TPSA) is 82.7 Å². The fourth-order valence-electron chi connectivity index (χ4n) is 1.49. The Bertz CT molecular complexity index is 651. The van der Waals surface area contributed by atoms with Gasteiger partial charge in [-0.2, -0.15) is 0 Å². The highest BCUT2D eigenvalue weighted by Gasteiger charge is 2.21. The average Bonchev–Trinajstić information content (AvgIpc) is 2.60. The Balaban J connectivity index is 2.50. The summed E-state index contributed by atoms with van der Waals surface area (Å²) in [7, 11) is 0. The molecular weight excluding hydrogens is 293 g/mol. The van der Waals surface area contributed by atoms with Crippen molar-refractivity contribution in [1.29, 1.82) is 0 Å². The quantitative estimate of drug-likeness (QED) is 0.791. The highest BCUT2D eigenvalue weighted by atomic mass is 35.5. The summed E-state index contributed by atoms with van der Waals surface area (Å²) in [5, 5.41) is 22.3. The standard InChI is InChI=1S/C12H9Cl2NO4/c1-5(16)15-12-10(18)9(17)11(19-12)6-2-3-7(13)8(14)4-6/h2-4,17-18H,1H3,(H,15,16). The van der Waals surface area contributed by atoms with Gasteiger partial charge in [-0.15, -0.1) is 0 Å². The molecule has 3 N–H and O–H groups in total. The summed E-state index contributed by atoms with van der Waals surface area (Å²) in [5.41, 5.74) is 0.416. The molecule has 1 aromatic carbocycles. The number of carbonyl (C=O) groups excluding carboxylic acids is 1. The van der Waals surface area contributed by atoms with Gasteiger partial charge < -0.3 is 14.6 Å². The van der Waals surface area contributed by atoms with Gasteiger partial charge in [0, 0.05) is 12.5 Å². The Hall–Kier alpha value is -1.85. The molecule has 2 aromatic rings. The van der Waals surface area contributed by atoms with E-state index in [0.717, 1.165) is 0 Å². The number of carbonyl (C=O) groups is 1. The van der Waals surface area contributed by atoms with Crippen LogP contribution in [0.4, 0.5) is 5.88 Å². The fourth-order valence-corrected chi connectivity index (χ4v) is 1.79. The van der Waals surface area contributed by atoms with Crippen molar-refractivity contribution in [2.75, 3.05) is 5.32 Å². The van der Waals surface area contributed by atoms with Crippen molar-refractivity contribution in [2.24, 2.45) is 0 Å². The maximum Gasteiger partial charge on any atom is 0.246 e. The fraction of sp³-hybridized carbons (Fsp3) is 0.0833. The zero-order valence-corrected chi connectivity index (χ0v) is 11.2. The molecule has 0 fully saturated rings. The Labute approximate surface area is 118 Å². The summed E-state index contributed by atoms with van der Waals surface area (Å²) >= 11 is 11.6. The maximum absolute atomic E-state index is 10.9. The summed E-state index contributed by atoms with van der Waals surface area (Å²) in [6.45, 7) is 1.25. The number of furan rings is 1. The zero-order valence-electron chi connectivity index (χ0n) is 9.70. The van der Waals surface area contributed by atoms with Gasteiger partial charge in [0.2, 0.25) is 23.3 Å². The predicted octanol–water partition coefficient (Wildman–Crippen LogP) is 3.62. The molecule has 7 heteroatoms. The van der Waals surface area contributed by atoms with Crippen molar-refractivity contribution < 1.29 is 19.4 Å². The van der Waals surface area contributed by atoms with E-state index in [-0.39, 0.29) is 16.7 Å². The highest BCUT2D eigenvalue weighted by molar-refractivity contribution is 6.42. The number of anilines is 1. The Morgan fingerprint density at radius 1 is 1.21 bits per heavy atom. The van der Waals surface area contributed by atoms with E-state index in [1.807, 2.05) is 0 Å². The van der Waals surface area contributed by atoms with Gasteiger partial charge in [-0.05, 0) is 18.2 Å². The first kappa shape index (κ1) is 13.6. The van der Waals surface area contributed by atoms with Crippen LogP contribution < -0.4 is 5.32 Å². The molecule has 0 aliphatic heterocycles. The Morgan fingerprint density at radius 3 is 2.47 bits per heavy atom. The van der Waals surface area contributed by atoms with Crippen LogP contribution in [0.15, 0.2) is 22.6 Å². The lowest BCUT2D eigenvalue weighted by molar-refractivity contribution is -0.114. The number of benzene rings is 1. The lowest BCUT2D eigenvalue weighted by atomic mass is 10.1. The first-order valence-electron chi connectivity index (χ1n) is 5.18. The molecule has 1 aromatic heterocycles. The van der Waals surface area contributed by atoms with Crippen molar-refractivity contribution >= 4 is 35.0 Å². The van der Waals surface area contributed by atoms with Crippen LogP contribution in [0.5, 0.6) is 11.5 Å². The average molecular weight is 302 g/mol. The third kappa shape index (κ3) is 2.62. The molecule has 0 atom stereocenters. The predicted molar refractivity (Wildman–Crippen MR) is 71.8 cm³/mol. The second-order valence-corrected chi connectivity index (χ2v) is 4.58. The molecule has 0 radical (unpaired) electrons. The smallest absolute Gasteiger partial charge is 0.246 e. The van der Waals surface area contributed by atoms with E-state index in [1.54, 1.807) is 6.07 Å². The molecule has 2 rings (SSSR count). The third-order valence-corrected chi connectivity index (χ3v) is 3.07. The van der Waals surface area contributed by atoms with E-state index in [2.05, 4.69) is 5.32 Å². The summed E-state index contributed by atoms with van der Waals surface area (Å²) in [4.78, 5) is 10.9. The van der Waals surface area contributed by atoms with Gasteiger partial charge in [0.25, 0.3) is 0 Å². The number of nitrogens with one attached hydrogen (secondary N) is 1. The molecule has 1 amide bonds. The second-order valence-electron chi connectivity index (χ2n) is 3.77. The molecule has 0 bridgehead atoms. The minimum Gasteiger partial charge on any atom is -0.502 e. The summed E-state index contributed by atoms with van der Waals surface area (Å²) in [6.07, 6.45) is 0. The van der Waals surface area contributed by atoms with Crippen LogP contribution in [0.25, 0.3) is 11.3 Å². The number of aromatic hydroxyl groups is 2. The molecule has 19 heavy (non-hydrogen) atoms. The van der Waals surface area contributed by atoms with Gasteiger partial charge in [-0.25, -0.2) is 0 Å². The number of hydrogen-bond acceptors (Lipinski definition) is 4. The van der Waals surface area contributed by atoms with Crippen LogP contribution in [-0.2, 0) is 4.79 Å². The normalized spacial score (nSPS) is 10.5. The van der Waals surface area contributed by atoms with Crippen LogP contribution in [0.1, 0.15) is 6.92 Å². The Kier molecular flexibility index (Phi) is 3.59. The van der Waals surface area contributed by atoms with Gasteiger partial charge in [-0.1, -0.05) is 23.2 Å². The van der Waals surface area contributed by atoms with E-state index in [1.165, 1.54) is 19.1 Å². The van der Waals surface area contributed by atoms with E-state index in [9.17, 15) is 15.0 Å².